The zero-order valence-electron chi connectivity index (χ0n) is 16.3. The Bertz CT molecular complexity index is 892. The molecule has 2 aromatic heterocycles. The lowest BCUT2D eigenvalue weighted by atomic mass is 9.97. The van der Waals surface area contributed by atoms with Crippen LogP contribution in [0.2, 0.25) is 0 Å². The summed E-state index contributed by atoms with van der Waals surface area (Å²) in [7, 11) is 0. The largest absolute Gasteiger partial charge is 0.393 e. The predicted octanol–water partition coefficient (Wildman–Crippen LogP) is 4.11. The second kappa shape index (κ2) is 8.37. The molecule has 0 aromatic carbocycles. The van der Waals surface area contributed by atoms with Gasteiger partial charge in [-0.15, -0.1) is 0 Å². The van der Waals surface area contributed by atoms with E-state index in [9.17, 15) is 18.0 Å². The third kappa shape index (κ3) is 4.42. The summed E-state index contributed by atoms with van der Waals surface area (Å²) in [5.74, 6) is -0.499. The number of alkyl halides is 3. The van der Waals surface area contributed by atoms with Gasteiger partial charge < -0.3 is 15.5 Å². The van der Waals surface area contributed by atoms with Gasteiger partial charge in [0.25, 0.3) is 0 Å². The second-order valence-corrected chi connectivity index (χ2v) is 7.47. The van der Waals surface area contributed by atoms with Crippen LogP contribution in [0.5, 0.6) is 0 Å². The van der Waals surface area contributed by atoms with E-state index in [0.29, 0.717) is 55.5 Å². The highest BCUT2D eigenvalue weighted by atomic mass is 19.4. The summed E-state index contributed by atoms with van der Waals surface area (Å²) in [5, 5.41) is 6.04. The molecule has 2 aliphatic rings. The molecule has 0 bridgehead atoms. The van der Waals surface area contributed by atoms with Gasteiger partial charge >= 0.3 is 12.2 Å². The van der Waals surface area contributed by atoms with E-state index in [1.807, 2.05) is 0 Å². The van der Waals surface area contributed by atoms with Crippen LogP contribution in [0.15, 0.2) is 36.7 Å². The van der Waals surface area contributed by atoms with Gasteiger partial charge in [0.15, 0.2) is 5.82 Å². The van der Waals surface area contributed by atoms with Gasteiger partial charge in [-0.25, -0.2) is 9.78 Å². The molecule has 4 heterocycles. The van der Waals surface area contributed by atoms with Gasteiger partial charge in [-0.05, 0) is 43.5 Å². The quantitative estimate of drug-likeness (QED) is 0.765. The van der Waals surface area contributed by atoms with Crippen LogP contribution in [0.4, 0.5) is 41.0 Å². The first-order valence-corrected chi connectivity index (χ1v) is 9.97. The molecular formula is C20H23F3N6O. The number of urea groups is 1. The van der Waals surface area contributed by atoms with Gasteiger partial charge in [-0.1, -0.05) is 0 Å². The van der Waals surface area contributed by atoms with Gasteiger partial charge in [0.05, 0.1) is 23.5 Å². The fourth-order valence-corrected chi connectivity index (χ4v) is 3.80. The SMILES string of the molecule is O=C(Nc1cccnc1)N1CCCNc2ccc(N3CCCC(C(F)(F)F)C3)nc21. The lowest BCUT2D eigenvalue weighted by molar-refractivity contribution is -0.176. The van der Waals surface area contributed by atoms with Crippen molar-refractivity contribution in [1.29, 1.82) is 0 Å². The number of rotatable bonds is 2. The molecule has 30 heavy (non-hydrogen) atoms. The predicted molar refractivity (Wildman–Crippen MR) is 109 cm³/mol. The van der Waals surface area contributed by atoms with Crippen molar-refractivity contribution in [2.45, 2.75) is 25.4 Å². The highest BCUT2D eigenvalue weighted by Crippen LogP contribution is 2.36. The third-order valence-electron chi connectivity index (χ3n) is 5.36. The minimum Gasteiger partial charge on any atom is -0.382 e. The van der Waals surface area contributed by atoms with E-state index < -0.39 is 12.1 Å². The topological polar surface area (TPSA) is 73.4 Å². The van der Waals surface area contributed by atoms with Gasteiger partial charge in [0.2, 0.25) is 0 Å². The molecule has 2 N–H and O–H groups in total. The molecule has 7 nitrogen and oxygen atoms in total. The molecule has 0 radical (unpaired) electrons. The van der Waals surface area contributed by atoms with E-state index in [1.54, 1.807) is 41.6 Å². The van der Waals surface area contributed by atoms with Crippen LogP contribution in [0.1, 0.15) is 19.3 Å². The second-order valence-electron chi connectivity index (χ2n) is 7.47. The van der Waals surface area contributed by atoms with E-state index in [2.05, 4.69) is 20.6 Å². The number of amides is 2. The Hall–Kier alpha value is -3.04. The third-order valence-corrected chi connectivity index (χ3v) is 5.36. The fourth-order valence-electron chi connectivity index (χ4n) is 3.80. The number of carbonyl (C=O) groups is 1. The molecule has 1 saturated heterocycles. The maximum absolute atomic E-state index is 13.2. The molecule has 1 unspecified atom stereocenters. The molecule has 10 heteroatoms. The van der Waals surface area contributed by atoms with Crippen molar-refractivity contribution in [2.24, 2.45) is 5.92 Å². The fraction of sp³-hybridized carbons (Fsp3) is 0.450. The molecule has 2 amide bonds. The lowest BCUT2D eigenvalue weighted by Gasteiger charge is -2.35. The van der Waals surface area contributed by atoms with Crippen LogP contribution in [0, 0.1) is 5.92 Å². The highest BCUT2D eigenvalue weighted by molar-refractivity contribution is 6.03. The number of nitrogens with zero attached hydrogens (tertiary/aromatic N) is 4. The molecular weight excluding hydrogens is 397 g/mol. The van der Waals surface area contributed by atoms with Crippen molar-refractivity contribution in [2.75, 3.05) is 46.6 Å². The van der Waals surface area contributed by atoms with Crippen molar-refractivity contribution < 1.29 is 18.0 Å². The Balaban J connectivity index is 1.59. The molecule has 0 saturated carbocycles. The molecule has 0 spiro atoms. The van der Waals surface area contributed by atoms with E-state index in [-0.39, 0.29) is 19.0 Å². The number of halogens is 3. The summed E-state index contributed by atoms with van der Waals surface area (Å²) in [6.07, 6.45) is 0.233. The number of hydrogen-bond donors (Lipinski definition) is 2. The smallest absolute Gasteiger partial charge is 0.382 e. The number of anilines is 4. The van der Waals surface area contributed by atoms with Gasteiger partial charge in [0.1, 0.15) is 5.82 Å². The van der Waals surface area contributed by atoms with Gasteiger partial charge in [-0.3, -0.25) is 9.88 Å². The Kier molecular flexibility index (Phi) is 5.65. The summed E-state index contributed by atoms with van der Waals surface area (Å²) < 4.78 is 39.6. The van der Waals surface area contributed by atoms with Gasteiger partial charge in [0, 0.05) is 32.4 Å². The molecule has 2 aromatic rings. The minimum absolute atomic E-state index is 0.120. The normalized spacial score (nSPS) is 19.5. The summed E-state index contributed by atoms with van der Waals surface area (Å²) in [6, 6.07) is 6.59. The van der Waals surface area contributed by atoms with Gasteiger partial charge in [-0.2, -0.15) is 13.2 Å². The Morgan fingerprint density at radius 3 is 2.83 bits per heavy atom. The first-order chi connectivity index (χ1) is 14.4. The summed E-state index contributed by atoms with van der Waals surface area (Å²) in [6.45, 7) is 1.50. The number of carbonyl (C=O) groups excluding carboxylic acids is 1. The van der Waals surface area contributed by atoms with Crippen molar-refractivity contribution in [1.82, 2.24) is 9.97 Å². The average Bonchev–Trinajstić information content (AvgIpc) is 2.96. The van der Waals surface area contributed by atoms with E-state index in [4.69, 9.17) is 0 Å². The number of fused-ring (bicyclic) bond motifs is 1. The highest BCUT2D eigenvalue weighted by Gasteiger charge is 2.42. The van der Waals surface area contributed by atoms with Crippen molar-refractivity contribution in [3.8, 4) is 0 Å². The number of pyridine rings is 2. The minimum atomic E-state index is -4.22. The Morgan fingerprint density at radius 2 is 2.07 bits per heavy atom. The number of aromatic nitrogens is 2. The Morgan fingerprint density at radius 1 is 1.20 bits per heavy atom. The average molecular weight is 420 g/mol. The van der Waals surface area contributed by atoms with Crippen LogP contribution >= 0.6 is 0 Å². The van der Waals surface area contributed by atoms with Crippen LogP contribution in [-0.2, 0) is 0 Å². The van der Waals surface area contributed by atoms with Crippen molar-refractivity contribution in [3.05, 3.63) is 36.7 Å². The molecule has 1 atom stereocenters. The maximum Gasteiger partial charge on any atom is 0.393 e. The zero-order valence-corrected chi connectivity index (χ0v) is 16.3. The first kappa shape index (κ1) is 20.2. The standard InChI is InChI=1S/C20H23F3N6O/c21-20(22,23)14-4-2-10-28(13-14)17-7-6-16-18(27-17)29(11-3-9-25-16)19(30)26-15-5-1-8-24-12-15/h1,5-8,12,14,25H,2-4,9-11,13H2,(H,26,30). The number of piperidine rings is 1. The van der Waals surface area contributed by atoms with E-state index in [0.717, 1.165) is 0 Å². The molecule has 0 aliphatic carbocycles. The first-order valence-electron chi connectivity index (χ1n) is 9.97. The maximum atomic E-state index is 13.2. The summed E-state index contributed by atoms with van der Waals surface area (Å²) >= 11 is 0. The Labute approximate surface area is 172 Å². The number of hydrogen-bond acceptors (Lipinski definition) is 5. The van der Waals surface area contributed by atoms with Crippen molar-refractivity contribution in [3.63, 3.8) is 0 Å². The van der Waals surface area contributed by atoms with Crippen LogP contribution < -0.4 is 20.4 Å². The van der Waals surface area contributed by atoms with E-state index >= 15 is 0 Å². The molecule has 160 valence electrons. The molecule has 4 rings (SSSR count). The number of nitrogens with one attached hydrogen (secondary N) is 2. The van der Waals surface area contributed by atoms with Crippen LogP contribution in [0.3, 0.4) is 0 Å². The van der Waals surface area contributed by atoms with Crippen molar-refractivity contribution >= 4 is 29.0 Å². The monoisotopic (exact) mass is 420 g/mol. The summed E-state index contributed by atoms with van der Waals surface area (Å²) in [5.41, 5.74) is 1.24. The van der Waals surface area contributed by atoms with E-state index in [1.165, 1.54) is 4.90 Å². The summed E-state index contributed by atoms with van der Waals surface area (Å²) in [4.78, 5) is 24.7. The molecule has 2 aliphatic heterocycles. The lowest BCUT2D eigenvalue weighted by Crippen LogP contribution is -2.42. The van der Waals surface area contributed by atoms with Crippen LogP contribution in [-0.4, -0.2) is 48.4 Å². The zero-order chi connectivity index (χ0) is 21.1. The van der Waals surface area contributed by atoms with Crippen LogP contribution in [0.25, 0.3) is 0 Å². The molecule has 1 fully saturated rings.